The van der Waals surface area contributed by atoms with E-state index in [-0.39, 0.29) is 5.02 Å². The topological polar surface area (TPSA) is 37.8 Å². The molecule has 0 bridgehead atoms. The molecular formula is C13H11ClFN3S. The fourth-order valence-electron chi connectivity index (χ4n) is 1.95. The van der Waals surface area contributed by atoms with Gasteiger partial charge in [-0.05, 0) is 36.8 Å². The fraction of sp³-hybridized carbons (Fsp3) is 0.231. The van der Waals surface area contributed by atoms with Crippen molar-refractivity contribution in [1.29, 1.82) is 0 Å². The van der Waals surface area contributed by atoms with Crippen LogP contribution in [0, 0.1) is 5.82 Å². The summed E-state index contributed by atoms with van der Waals surface area (Å²) in [6.45, 7) is 0. The highest BCUT2D eigenvalue weighted by atomic mass is 35.5. The zero-order valence-electron chi connectivity index (χ0n) is 9.99. The molecule has 1 N–H and O–H groups in total. The van der Waals surface area contributed by atoms with E-state index in [1.54, 1.807) is 30.2 Å². The SMILES string of the molecule is Fc1ccc(Nc2ncnc3c2SCCC3)cc1Cl. The molecule has 2 heterocycles. The van der Waals surface area contributed by atoms with Gasteiger partial charge in [0.25, 0.3) is 0 Å². The molecule has 0 fully saturated rings. The third-order valence-corrected chi connectivity index (χ3v) is 4.36. The molecule has 0 aliphatic carbocycles. The Labute approximate surface area is 119 Å². The third-order valence-electron chi connectivity index (χ3n) is 2.86. The summed E-state index contributed by atoms with van der Waals surface area (Å²) >= 11 is 7.52. The minimum atomic E-state index is -0.425. The summed E-state index contributed by atoms with van der Waals surface area (Å²) in [6.07, 6.45) is 3.67. The molecule has 0 saturated heterocycles. The van der Waals surface area contributed by atoms with Crippen LogP contribution >= 0.6 is 23.4 Å². The second-order valence-corrected chi connectivity index (χ2v) is 5.72. The zero-order valence-corrected chi connectivity index (χ0v) is 11.6. The summed E-state index contributed by atoms with van der Waals surface area (Å²) in [5, 5.41) is 3.27. The molecule has 0 radical (unpaired) electrons. The Morgan fingerprint density at radius 1 is 1.32 bits per heavy atom. The van der Waals surface area contributed by atoms with Crippen molar-refractivity contribution in [3.05, 3.63) is 41.1 Å². The average Bonchev–Trinajstić information content (AvgIpc) is 2.43. The van der Waals surface area contributed by atoms with Crippen LogP contribution < -0.4 is 5.32 Å². The average molecular weight is 296 g/mol. The molecule has 1 aromatic carbocycles. The number of aryl methyl sites for hydroxylation is 1. The first kappa shape index (κ1) is 12.7. The number of halogens is 2. The van der Waals surface area contributed by atoms with E-state index < -0.39 is 5.82 Å². The van der Waals surface area contributed by atoms with Crippen molar-refractivity contribution >= 4 is 34.9 Å². The quantitative estimate of drug-likeness (QED) is 0.907. The molecule has 3 nitrogen and oxygen atoms in total. The van der Waals surface area contributed by atoms with Crippen LogP contribution in [0.25, 0.3) is 0 Å². The molecule has 0 atom stereocenters. The summed E-state index contributed by atoms with van der Waals surface area (Å²) in [5.74, 6) is 1.41. The van der Waals surface area contributed by atoms with Gasteiger partial charge in [0.15, 0.2) is 0 Å². The molecule has 98 valence electrons. The van der Waals surface area contributed by atoms with Gasteiger partial charge in [0.1, 0.15) is 18.0 Å². The van der Waals surface area contributed by atoms with Crippen molar-refractivity contribution in [1.82, 2.24) is 9.97 Å². The fourth-order valence-corrected chi connectivity index (χ4v) is 3.19. The Hall–Kier alpha value is -1.33. The number of benzene rings is 1. The Bertz CT molecular complexity index is 621. The minimum absolute atomic E-state index is 0.0978. The Balaban J connectivity index is 1.92. The summed E-state index contributed by atoms with van der Waals surface area (Å²) in [4.78, 5) is 9.63. The first-order chi connectivity index (χ1) is 9.24. The van der Waals surface area contributed by atoms with E-state index in [0.29, 0.717) is 0 Å². The Kier molecular flexibility index (Phi) is 3.57. The second kappa shape index (κ2) is 5.35. The van der Waals surface area contributed by atoms with E-state index in [2.05, 4.69) is 15.3 Å². The number of hydrogen-bond acceptors (Lipinski definition) is 4. The molecule has 19 heavy (non-hydrogen) atoms. The van der Waals surface area contributed by atoms with E-state index in [1.807, 2.05) is 0 Å². The monoisotopic (exact) mass is 295 g/mol. The highest BCUT2D eigenvalue weighted by molar-refractivity contribution is 7.99. The molecule has 0 spiro atoms. The standard InChI is InChI=1S/C13H11ClFN3S/c14-9-6-8(3-4-10(9)15)18-13-12-11(16-7-17-13)2-1-5-19-12/h3-4,6-7H,1-2,5H2,(H,16,17,18). The maximum Gasteiger partial charge on any atom is 0.147 e. The van der Waals surface area contributed by atoms with E-state index in [4.69, 9.17) is 11.6 Å². The van der Waals surface area contributed by atoms with E-state index in [9.17, 15) is 4.39 Å². The lowest BCUT2D eigenvalue weighted by atomic mass is 10.2. The molecule has 0 amide bonds. The van der Waals surface area contributed by atoms with Crippen molar-refractivity contribution in [3.8, 4) is 0 Å². The molecule has 0 saturated carbocycles. The number of nitrogens with one attached hydrogen (secondary N) is 1. The maximum atomic E-state index is 13.1. The number of anilines is 2. The lowest BCUT2D eigenvalue weighted by molar-refractivity contribution is 0.628. The van der Waals surface area contributed by atoms with Crippen LogP contribution in [-0.2, 0) is 6.42 Å². The predicted octanol–water partition coefficient (Wildman–Crippen LogP) is 4.05. The summed E-state index contributed by atoms with van der Waals surface area (Å²) in [6, 6.07) is 4.54. The van der Waals surface area contributed by atoms with Crippen LogP contribution in [0.4, 0.5) is 15.9 Å². The van der Waals surface area contributed by atoms with Crippen molar-refractivity contribution in [3.63, 3.8) is 0 Å². The van der Waals surface area contributed by atoms with Crippen LogP contribution in [0.15, 0.2) is 29.4 Å². The molecule has 3 rings (SSSR count). The van der Waals surface area contributed by atoms with Gasteiger partial charge < -0.3 is 5.32 Å². The van der Waals surface area contributed by atoms with Gasteiger partial charge in [-0.15, -0.1) is 11.8 Å². The van der Waals surface area contributed by atoms with Gasteiger partial charge >= 0.3 is 0 Å². The number of aromatic nitrogens is 2. The second-order valence-electron chi connectivity index (χ2n) is 4.20. The molecule has 1 aliphatic heterocycles. The van der Waals surface area contributed by atoms with Gasteiger partial charge in [-0.25, -0.2) is 14.4 Å². The molecule has 1 aromatic heterocycles. The Morgan fingerprint density at radius 3 is 3.05 bits per heavy atom. The summed E-state index contributed by atoms with van der Waals surface area (Å²) < 4.78 is 13.1. The largest absolute Gasteiger partial charge is 0.339 e. The van der Waals surface area contributed by atoms with Crippen molar-refractivity contribution in [2.24, 2.45) is 0 Å². The molecule has 0 unspecified atom stereocenters. The summed E-state index contributed by atoms with van der Waals surface area (Å²) in [7, 11) is 0. The van der Waals surface area contributed by atoms with E-state index in [1.165, 1.54) is 6.07 Å². The van der Waals surface area contributed by atoms with Crippen LogP contribution in [0.3, 0.4) is 0 Å². The number of rotatable bonds is 2. The van der Waals surface area contributed by atoms with Crippen molar-refractivity contribution in [2.45, 2.75) is 17.7 Å². The maximum absolute atomic E-state index is 13.1. The molecule has 2 aromatic rings. The van der Waals surface area contributed by atoms with Crippen LogP contribution in [0.1, 0.15) is 12.1 Å². The van der Waals surface area contributed by atoms with E-state index in [0.717, 1.165) is 40.7 Å². The van der Waals surface area contributed by atoms with E-state index >= 15 is 0 Å². The first-order valence-corrected chi connectivity index (χ1v) is 7.29. The highest BCUT2D eigenvalue weighted by Gasteiger charge is 2.16. The normalized spacial score (nSPS) is 14.0. The van der Waals surface area contributed by atoms with Crippen LogP contribution in [0.2, 0.25) is 5.02 Å². The zero-order chi connectivity index (χ0) is 13.2. The molecular weight excluding hydrogens is 285 g/mol. The third kappa shape index (κ3) is 2.67. The smallest absolute Gasteiger partial charge is 0.147 e. The Morgan fingerprint density at radius 2 is 2.21 bits per heavy atom. The van der Waals surface area contributed by atoms with Crippen LogP contribution in [0.5, 0.6) is 0 Å². The lowest BCUT2D eigenvalue weighted by Gasteiger charge is -2.17. The van der Waals surface area contributed by atoms with Crippen molar-refractivity contribution < 1.29 is 4.39 Å². The predicted molar refractivity (Wildman–Crippen MR) is 75.8 cm³/mol. The molecule has 6 heteroatoms. The number of thioether (sulfide) groups is 1. The van der Waals surface area contributed by atoms with Gasteiger partial charge in [-0.3, -0.25) is 0 Å². The van der Waals surface area contributed by atoms with Crippen molar-refractivity contribution in [2.75, 3.05) is 11.1 Å². The minimum Gasteiger partial charge on any atom is -0.339 e. The van der Waals surface area contributed by atoms with Gasteiger partial charge in [-0.2, -0.15) is 0 Å². The van der Waals surface area contributed by atoms with Gasteiger partial charge in [0.2, 0.25) is 0 Å². The lowest BCUT2D eigenvalue weighted by Crippen LogP contribution is -2.06. The summed E-state index contributed by atoms with van der Waals surface area (Å²) in [5.41, 5.74) is 1.79. The highest BCUT2D eigenvalue weighted by Crippen LogP contribution is 2.35. The van der Waals surface area contributed by atoms with Crippen LogP contribution in [-0.4, -0.2) is 15.7 Å². The number of hydrogen-bond donors (Lipinski definition) is 1. The first-order valence-electron chi connectivity index (χ1n) is 5.93. The number of nitrogens with zero attached hydrogens (tertiary/aromatic N) is 2. The van der Waals surface area contributed by atoms with Gasteiger partial charge in [0, 0.05) is 5.69 Å². The van der Waals surface area contributed by atoms with Gasteiger partial charge in [-0.1, -0.05) is 11.6 Å². The van der Waals surface area contributed by atoms with Gasteiger partial charge in [0.05, 0.1) is 15.6 Å². The number of fused-ring (bicyclic) bond motifs is 1. The molecule has 1 aliphatic rings.